The first-order chi connectivity index (χ1) is 11.7. The Labute approximate surface area is 141 Å². The maximum absolute atomic E-state index is 14.3. The molecule has 3 rings (SSSR count). The minimum atomic E-state index is -0.796. The van der Waals surface area contributed by atoms with E-state index in [0.29, 0.717) is 38.3 Å². The quantitative estimate of drug-likeness (QED) is 0.793. The maximum atomic E-state index is 14.3. The molecule has 1 aromatic rings. The van der Waals surface area contributed by atoms with Gasteiger partial charge in [-0.05, 0) is 25.3 Å². The lowest BCUT2D eigenvalue weighted by molar-refractivity contribution is -0.158. The third kappa shape index (κ3) is 3.58. The van der Waals surface area contributed by atoms with Crippen LogP contribution in [0.4, 0.5) is 4.39 Å². The van der Waals surface area contributed by atoms with Gasteiger partial charge in [-0.25, -0.2) is 9.18 Å². The summed E-state index contributed by atoms with van der Waals surface area (Å²) in [5.41, 5.74) is 0.316. The third-order valence-electron chi connectivity index (χ3n) is 4.72. The maximum Gasteiger partial charge on any atom is 0.328 e. The number of benzene rings is 1. The van der Waals surface area contributed by atoms with Crippen molar-refractivity contribution in [3.8, 4) is 6.07 Å². The number of carbonyl (C=O) groups excluding carboxylic acids is 1. The average molecular weight is 332 g/mol. The van der Waals surface area contributed by atoms with E-state index in [1.165, 1.54) is 6.07 Å². The van der Waals surface area contributed by atoms with Gasteiger partial charge in [-0.2, -0.15) is 5.26 Å². The lowest BCUT2D eigenvalue weighted by atomic mass is 10.0. The molecule has 2 aliphatic rings. The number of ether oxygens (including phenoxy) is 2. The van der Waals surface area contributed by atoms with Crippen molar-refractivity contribution >= 4 is 5.97 Å². The van der Waals surface area contributed by atoms with Gasteiger partial charge in [-0.3, -0.25) is 4.90 Å². The molecule has 1 aliphatic carbocycles. The van der Waals surface area contributed by atoms with Crippen molar-refractivity contribution in [2.24, 2.45) is 5.92 Å². The second-order valence-corrected chi connectivity index (χ2v) is 6.21. The van der Waals surface area contributed by atoms with Crippen LogP contribution in [0.2, 0.25) is 0 Å². The molecule has 1 saturated heterocycles. The Balaban J connectivity index is 1.82. The number of halogens is 1. The fourth-order valence-corrected chi connectivity index (χ4v) is 3.43. The minimum Gasteiger partial charge on any atom is -0.460 e. The third-order valence-corrected chi connectivity index (χ3v) is 4.72. The lowest BCUT2D eigenvalue weighted by Gasteiger charge is -2.34. The molecule has 0 amide bonds. The smallest absolute Gasteiger partial charge is 0.328 e. The van der Waals surface area contributed by atoms with Crippen LogP contribution in [0.3, 0.4) is 0 Å². The Hall–Kier alpha value is -1.97. The fraction of sp³-hybridized carbons (Fsp3) is 0.556. The molecule has 24 heavy (non-hydrogen) atoms. The average Bonchev–Trinajstić information content (AvgIpc) is 3.05. The van der Waals surface area contributed by atoms with E-state index >= 15 is 0 Å². The highest BCUT2D eigenvalue weighted by Crippen LogP contribution is 2.31. The van der Waals surface area contributed by atoms with E-state index in [1.54, 1.807) is 18.2 Å². The summed E-state index contributed by atoms with van der Waals surface area (Å²) in [4.78, 5) is 14.7. The molecule has 3 atom stereocenters. The molecule has 1 aromatic carbocycles. The van der Waals surface area contributed by atoms with E-state index in [-0.39, 0.29) is 5.92 Å². The standard InChI is InChI=1S/C18H21FN2O3/c19-15-6-2-1-5-14(15)17(21-8-10-23-11-9-21)18(22)24-16-7-3-4-13(16)12-20/h1-2,5-6,13,16-17H,3-4,7-11H2. The van der Waals surface area contributed by atoms with Gasteiger partial charge in [0.25, 0.3) is 0 Å². The van der Waals surface area contributed by atoms with Crippen molar-refractivity contribution < 1.29 is 18.7 Å². The predicted molar refractivity (Wildman–Crippen MR) is 84.4 cm³/mol. The van der Waals surface area contributed by atoms with E-state index < -0.39 is 23.9 Å². The van der Waals surface area contributed by atoms with Gasteiger partial charge in [0.15, 0.2) is 0 Å². The molecule has 0 spiro atoms. The first-order valence-corrected chi connectivity index (χ1v) is 8.37. The summed E-state index contributed by atoms with van der Waals surface area (Å²) in [6.45, 7) is 2.09. The van der Waals surface area contributed by atoms with Gasteiger partial charge >= 0.3 is 5.97 Å². The molecule has 3 unspecified atom stereocenters. The van der Waals surface area contributed by atoms with Gasteiger partial charge in [0.1, 0.15) is 18.0 Å². The summed E-state index contributed by atoms with van der Waals surface area (Å²) in [6, 6.07) is 7.69. The Morgan fingerprint density at radius 2 is 2.08 bits per heavy atom. The monoisotopic (exact) mass is 332 g/mol. The van der Waals surface area contributed by atoms with Gasteiger partial charge in [0.05, 0.1) is 25.2 Å². The van der Waals surface area contributed by atoms with Crippen molar-refractivity contribution in [2.75, 3.05) is 26.3 Å². The van der Waals surface area contributed by atoms with Crippen molar-refractivity contribution in [3.63, 3.8) is 0 Å². The Morgan fingerprint density at radius 3 is 2.79 bits per heavy atom. The Kier molecular flexibility index (Phi) is 5.44. The summed E-state index contributed by atoms with van der Waals surface area (Å²) in [5, 5.41) is 9.17. The van der Waals surface area contributed by atoms with Crippen molar-refractivity contribution in [1.82, 2.24) is 4.90 Å². The van der Waals surface area contributed by atoms with E-state index in [4.69, 9.17) is 14.7 Å². The summed E-state index contributed by atoms with van der Waals surface area (Å²) < 4.78 is 25.3. The van der Waals surface area contributed by atoms with Gasteiger partial charge in [-0.1, -0.05) is 18.2 Å². The van der Waals surface area contributed by atoms with Gasteiger partial charge < -0.3 is 9.47 Å². The zero-order valence-electron chi connectivity index (χ0n) is 13.5. The summed E-state index contributed by atoms with van der Waals surface area (Å²) in [5.74, 6) is -1.16. The van der Waals surface area contributed by atoms with Crippen LogP contribution >= 0.6 is 0 Å². The number of hydrogen-bond donors (Lipinski definition) is 0. The molecular weight excluding hydrogens is 311 g/mol. The SMILES string of the molecule is N#CC1CCCC1OC(=O)C(c1ccccc1F)N1CCOCC1. The van der Waals surface area contributed by atoms with Crippen LogP contribution in [0.5, 0.6) is 0 Å². The molecule has 128 valence electrons. The molecule has 1 heterocycles. The Morgan fingerprint density at radius 1 is 1.33 bits per heavy atom. The molecule has 0 N–H and O–H groups in total. The molecule has 5 nitrogen and oxygen atoms in total. The van der Waals surface area contributed by atoms with Crippen LogP contribution in [0.15, 0.2) is 24.3 Å². The van der Waals surface area contributed by atoms with Crippen molar-refractivity contribution in [3.05, 3.63) is 35.6 Å². The number of esters is 1. The van der Waals surface area contributed by atoms with E-state index in [2.05, 4.69) is 6.07 Å². The number of rotatable bonds is 4. The number of nitriles is 1. The van der Waals surface area contributed by atoms with Gasteiger partial charge in [0, 0.05) is 18.7 Å². The van der Waals surface area contributed by atoms with Crippen LogP contribution in [0, 0.1) is 23.1 Å². The molecule has 1 saturated carbocycles. The predicted octanol–water partition coefficient (Wildman–Crippen LogP) is 2.43. The van der Waals surface area contributed by atoms with Crippen molar-refractivity contribution in [2.45, 2.75) is 31.4 Å². The van der Waals surface area contributed by atoms with Crippen LogP contribution in [-0.4, -0.2) is 43.3 Å². The fourth-order valence-electron chi connectivity index (χ4n) is 3.43. The number of nitrogens with zero attached hydrogens (tertiary/aromatic N) is 2. The largest absolute Gasteiger partial charge is 0.460 e. The van der Waals surface area contributed by atoms with Crippen LogP contribution in [0.1, 0.15) is 30.9 Å². The lowest BCUT2D eigenvalue weighted by Crippen LogP contribution is -2.44. The number of morpholine rings is 1. The van der Waals surface area contributed by atoms with E-state index in [0.717, 1.165) is 12.8 Å². The zero-order chi connectivity index (χ0) is 16.9. The molecule has 1 aliphatic heterocycles. The van der Waals surface area contributed by atoms with Gasteiger partial charge in [-0.15, -0.1) is 0 Å². The molecule has 0 radical (unpaired) electrons. The second kappa shape index (κ2) is 7.73. The molecule has 0 bridgehead atoms. The summed E-state index contributed by atoms with van der Waals surface area (Å²) >= 11 is 0. The van der Waals surface area contributed by atoms with E-state index in [9.17, 15) is 9.18 Å². The zero-order valence-corrected chi connectivity index (χ0v) is 13.5. The number of carbonyl (C=O) groups is 1. The molecule has 0 aromatic heterocycles. The van der Waals surface area contributed by atoms with Crippen molar-refractivity contribution in [1.29, 1.82) is 5.26 Å². The highest BCUT2D eigenvalue weighted by atomic mass is 19.1. The van der Waals surface area contributed by atoms with Gasteiger partial charge in [0.2, 0.25) is 0 Å². The molecule has 2 fully saturated rings. The molecule has 6 heteroatoms. The van der Waals surface area contributed by atoms with E-state index in [1.807, 2.05) is 4.90 Å². The van der Waals surface area contributed by atoms with Crippen LogP contribution < -0.4 is 0 Å². The highest BCUT2D eigenvalue weighted by Gasteiger charge is 2.37. The Bertz CT molecular complexity index is 625. The topological polar surface area (TPSA) is 62.6 Å². The second-order valence-electron chi connectivity index (χ2n) is 6.21. The highest BCUT2D eigenvalue weighted by molar-refractivity contribution is 5.78. The summed E-state index contributed by atoms with van der Waals surface area (Å²) in [7, 11) is 0. The minimum absolute atomic E-state index is 0.264. The summed E-state index contributed by atoms with van der Waals surface area (Å²) in [6.07, 6.45) is 1.92. The number of hydrogen-bond acceptors (Lipinski definition) is 5. The first kappa shape index (κ1) is 16.9. The first-order valence-electron chi connectivity index (χ1n) is 8.37. The van der Waals surface area contributed by atoms with Crippen LogP contribution in [-0.2, 0) is 14.3 Å². The van der Waals surface area contributed by atoms with Crippen LogP contribution in [0.25, 0.3) is 0 Å². The molecular formula is C18H21FN2O3. The normalized spacial score (nSPS) is 25.8.